The van der Waals surface area contributed by atoms with Crippen LogP contribution in [0.15, 0.2) is 41.8 Å². The number of nitrogens with one attached hydrogen (secondary N) is 2. The van der Waals surface area contributed by atoms with Crippen molar-refractivity contribution in [3.8, 4) is 10.6 Å². The zero-order chi connectivity index (χ0) is 23.9. The number of pyridine rings is 1. The van der Waals surface area contributed by atoms with Crippen molar-refractivity contribution < 1.29 is 22.0 Å². The molecule has 4 aromatic heterocycles. The van der Waals surface area contributed by atoms with Gasteiger partial charge in [-0.1, -0.05) is 0 Å². The van der Waals surface area contributed by atoms with E-state index in [4.69, 9.17) is 0 Å². The molecule has 0 radical (unpaired) electrons. The molecule has 0 aliphatic heterocycles. The number of rotatable bonds is 8. The fourth-order valence-corrected chi connectivity index (χ4v) is 5.91. The van der Waals surface area contributed by atoms with Gasteiger partial charge >= 0.3 is 0 Å². The molecule has 0 unspecified atom stereocenters. The number of alkyl halides is 2. The highest BCUT2D eigenvalue weighted by Crippen LogP contribution is 2.33. The van der Waals surface area contributed by atoms with Crippen LogP contribution in [-0.2, 0) is 22.8 Å². The van der Waals surface area contributed by atoms with E-state index in [2.05, 4.69) is 30.2 Å². The van der Waals surface area contributed by atoms with Crippen LogP contribution < -0.4 is 5.32 Å². The molecule has 0 aromatic carbocycles. The van der Waals surface area contributed by atoms with Crippen molar-refractivity contribution in [1.82, 2.24) is 30.2 Å². The van der Waals surface area contributed by atoms with Gasteiger partial charge in [-0.3, -0.25) is 9.78 Å². The number of amides is 1. The summed E-state index contributed by atoms with van der Waals surface area (Å²) in [4.78, 5) is 33.1. The Labute approximate surface area is 196 Å². The Kier molecular flexibility index (Phi) is 5.81. The van der Waals surface area contributed by atoms with Crippen LogP contribution in [0.3, 0.4) is 0 Å². The van der Waals surface area contributed by atoms with Gasteiger partial charge in [0.05, 0.1) is 33.5 Å². The van der Waals surface area contributed by atoms with Crippen molar-refractivity contribution in [2.24, 2.45) is 0 Å². The van der Waals surface area contributed by atoms with Crippen molar-refractivity contribution in [2.75, 3.05) is 0 Å². The Morgan fingerprint density at radius 2 is 2.06 bits per heavy atom. The number of fused-ring (bicyclic) bond motifs is 1. The highest BCUT2D eigenvalue weighted by molar-refractivity contribution is 7.92. The van der Waals surface area contributed by atoms with Crippen molar-refractivity contribution in [2.45, 2.75) is 42.4 Å². The van der Waals surface area contributed by atoms with Crippen LogP contribution >= 0.6 is 11.3 Å². The quantitative estimate of drug-likeness (QED) is 0.377. The first-order chi connectivity index (χ1) is 16.3. The third-order valence-corrected chi connectivity index (χ3v) is 8.57. The highest BCUT2D eigenvalue weighted by Gasteiger charge is 2.37. The number of aromatic nitrogens is 5. The van der Waals surface area contributed by atoms with E-state index in [0.717, 1.165) is 11.3 Å². The standard InChI is InChI=1S/C21H18F2N6O3S2/c22-17(23)5-11-7-25-19-18(11)29-15(9-26-19)16-10-28-21(33-16)20(30)27-8-12-6-14(3-4-24-12)34(31,32)13-1-2-13/h3-4,6-7,9-10,13,17H,1-2,5,8H2,(H,25,26)(H,27,30). The molecular weight excluding hydrogens is 486 g/mol. The molecule has 0 saturated heterocycles. The van der Waals surface area contributed by atoms with Crippen LogP contribution in [-0.4, -0.2) is 50.9 Å². The number of H-pyrrole nitrogens is 1. The van der Waals surface area contributed by atoms with Gasteiger partial charge in [0, 0.05) is 30.6 Å². The van der Waals surface area contributed by atoms with Crippen molar-refractivity contribution >= 4 is 38.2 Å². The second kappa shape index (κ2) is 8.80. The first kappa shape index (κ1) is 22.5. The maximum atomic E-state index is 12.8. The predicted molar refractivity (Wildman–Crippen MR) is 120 cm³/mol. The first-order valence-electron chi connectivity index (χ1n) is 10.4. The van der Waals surface area contributed by atoms with E-state index in [9.17, 15) is 22.0 Å². The van der Waals surface area contributed by atoms with Crippen LogP contribution in [0.25, 0.3) is 21.7 Å². The van der Waals surface area contributed by atoms with Crippen LogP contribution in [0.5, 0.6) is 0 Å². The number of nitrogens with zero attached hydrogens (tertiary/aromatic N) is 4. The molecule has 5 rings (SSSR count). The van der Waals surface area contributed by atoms with Gasteiger partial charge in [-0.25, -0.2) is 32.2 Å². The molecule has 2 N–H and O–H groups in total. The molecule has 0 bridgehead atoms. The smallest absolute Gasteiger partial charge is 0.280 e. The summed E-state index contributed by atoms with van der Waals surface area (Å²) < 4.78 is 50.4. The summed E-state index contributed by atoms with van der Waals surface area (Å²) in [6.07, 6.45) is 4.21. The van der Waals surface area contributed by atoms with Crippen molar-refractivity contribution in [3.63, 3.8) is 0 Å². The van der Waals surface area contributed by atoms with Gasteiger partial charge in [-0.2, -0.15) is 0 Å². The molecule has 9 nitrogen and oxygen atoms in total. The average Bonchev–Trinajstić information content (AvgIpc) is 3.46. The topological polar surface area (TPSA) is 131 Å². The number of thiazole rings is 1. The third kappa shape index (κ3) is 4.53. The number of aromatic amines is 1. The van der Waals surface area contributed by atoms with Gasteiger partial charge in [-0.05, 0) is 25.0 Å². The maximum Gasteiger partial charge on any atom is 0.280 e. The van der Waals surface area contributed by atoms with Gasteiger partial charge in [0.2, 0.25) is 6.43 Å². The largest absolute Gasteiger partial charge is 0.345 e. The van der Waals surface area contributed by atoms with Gasteiger partial charge in [0.15, 0.2) is 20.5 Å². The molecule has 1 aliphatic carbocycles. The molecule has 13 heteroatoms. The van der Waals surface area contributed by atoms with Crippen LogP contribution in [0, 0.1) is 0 Å². The molecule has 0 spiro atoms. The molecule has 4 aromatic rings. The molecule has 0 atom stereocenters. The van der Waals surface area contributed by atoms with E-state index >= 15 is 0 Å². The molecule has 4 heterocycles. The second-order valence-electron chi connectivity index (χ2n) is 7.80. The van der Waals surface area contributed by atoms with E-state index in [1.165, 1.54) is 36.9 Å². The number of carbonyl (C=O) groups is 1. The fourth-order valence-electron chi connectivity index (χ4n) is 3.43. The molecule has 1 saturated carbocycles. The predicted octanol–water partition coefficient (Wildman–Crippen LogP) is 3.15. The zero-order valence-electron chi connectivity index (χ0n) is 17.5. The molecule has 1 amide bonds. The van der Waals surface area contributed by atoms with E-state index < -0.39 is 28.6 Å². The Hall–Kier alpha value is -3.32. The number of hydrogen-bond acceptors (Lipinski definition) is 8. The van der Waals surface area contributed by atoms with Gasteiger partial charge in [0.1, 0.15) is 11.2 Å². The van der Waals surface area contributed by atoms with Crippen LogP contribution in [0.4, 0.5) is 8.78 Å². The summed E-state index contributed by atoms with van der Waals surface area (Å²) in [7, 11) is -3.35. The Bertz CT molecular complexity index is 1480. The number of sulfone groups is 1. The summed E-state index contributed by atoms with van der Waals surface area (Å²) >= 11 is 1.08. The lowest BCUT2D eigenvalue weighted by molar-refractivity contribution is 0.0950. The second-order valence-corrected chi connectivity index (χ2v) is 11.1. The molecule has 1 fully saturated rings. The zero-order valence-corrected chi connectivity index (χ0v) is 19.2. The highest BCUT2D eigenvalue weighted by atomic mass is 32.2. The minimum atomic E-state index is -3.35. The van der Waals surface area contributed by atoms with Crippen molar-refractivity contribution in [3.05, 3.63) is 53.2 Å². The fraction of sp³-hybridized carbons (Fsp3) is 0.286. The summed E-state index contributed by atoms with van der Waals surface area (Å²) in [6.45, 7) is 0.0356. The Balaban J connectivity index is 1.29. The van der Waals surface area contributed by atoms with Gasteiger partial charge in [0.25, 0.3) is 5.91 Å². The molecule has 34 heavy (non-hydrogen) atoms. The van der Waals surface area contributed by atoms with E-state index in [-0.39, 0.29) is 21.7 Å². The third-order valence-electron chi connectivity index (χ3n) is 5.30. The van der Waals surface area contributed by atoms with E-state index in [1.54, 1.807) is 0 Å². The lowest BCUT2D eigenvalue weighted by Gasteiger charge is -2.06. The van der Waals surface area contributed by atoms with Crippen LogP contribution in [0.2, 0.25) is 0 Å². The summed E-state index contributed by atoms with van der Waals surface area (Å²) in [5.41, 5.74) is 1.95. The van der Waals surface area contributed by atoms with E-state index in [1.807, 2.05) is 0 Å². The average molecular weight is 505 g/mol. The normalized spacial score (nSPS) is 14.1. The SMILES string of the molecule is O=C(NCc1cc(S(=O)(=O)C2CC2)ccn1)c1ncc(-c2cnc3[nH]cc(CC(F)F)c3n2)s1. The van der Waals surface area contributed by atoms with E-state index in [0.29, 0.717) is 45.8 Å². The van der Waals surface area contributed by atoms with Crippen molar-refractivity contribution in [1.29, 1.82) is 0 Å². The maximum absolute atomic E-state index is 12.8. The Morgan fingerprint density at radius 1 is 1.24 bits per heavy atom. The number of hydrogen-bond donors (Lipinski definition) is 2. The summed E-state index contributed by atoms with van der Waals surface area (Å²) in [5.74, 6) is -0.456. The van der Waals surface area contributed by atoms with Gasteiger partial charge < -0.3 is 10.3 Å². The van der Waals surface area contributed by atoms with Gasteiger partial charge in [-0.15, -0.1) is 11.3 Å². The minimum Gasteiger partial charge on any atom is -0.345 e. The molecular formula is C21H18F2N6O3S2. The van der Waals surface area contributed by atoms with Crippen LogP contribution in [0.1, 0.15) is 33.9 Å². The lowest BCUT2D eigenvalue weighted by atomic mass is 10.2. The number of carbonyl (C=O) groups excluding carboxylic acids is 1. The first-order valence-corrected chi connectivity index (χ1v) is 12.7. The minimum absolute atomic E-state index is 0.0356. The Morgan fingerprint density at radius 3 is 2.82 bits per heavy atom. The summed E-state index contributed by atoms with van der Waals surface area (Å²) in [5, 5.41) is 2.53. The molecule has 1 aliphatic rings. The number of halogens is 2. The molecule has 176 valence electrons. The summed E-state index contributed by atoms with van der Waals surface area (Å²) in [6, 6.07) is 2.93. The lowest BCUT2D eigenvalue weighted by Crippen LogP contribution is -2.23. The monoisotopic (exact) mass is 504 g/mol.